The van der Waals surface area contributed by atoms with Crippen molar-refractivity contribution in [1.82, 2.24) is 26.2 Å². The second kappa shape index (κ2) is 16.4. The molecule has 3 rings (SSSR count). The van der Waals surface area contributed by atoms with Crippen LogP contribution in [-0.2, 0) is 30.5 Å². The normalized spacial score (nSPS) is 18.3. The molecule has 2 saturated heterocycles. The predicted octanol–water partition coefficient (Wildman–Crippen LogP) is 1.35. The SMILES string of the molecule is O=C(O)C[C@@H](NC(=O)CCNC(=O)OCc1ccccc1)NC(=O)[C@@H]1CCCN(C(=O)CCC2CCNCC2)C1. The first kappa shape index (κ1) is 30.9. The molecule has 12 nitrogen and oxygen atoms in total. The molecule has 2 atom stereocenters. The fourth-order valence-electron chi connectivity index (χ4n) is 4.99. The Morgan fingerprint density at radius 2 is 1.77 bits per heavy atom. The van der Waals surface area contributed by atoms with Crippen LogP contribution in [0.4, 0.5) is 4.79 Å². The van der Waals surface area contributed by atoms with Crippen LogP contribution in [0, 0.1) is 11.8 Å². The zero-order valence-corrected chi connectivity index (χ0v) is 22.9. The monoisotopic (exact) mass is 559 g/mol. The molecule has 12 heteroatoms. The summed E-state index contributed by atoms with van der Waals surface area (Å²) in [6.45, 7) is 2.91. The van der Waals surface area contributed by atoms with Gasteiger partial charge >= 0.3 is 12.1 Å². The first-order valence-electron chi connectivity index (χ1n) is 14.0. The smallest absolute Gasteiger partial charge is 0.407 e. The average Bonchev–Trinajstić information content (AvgIpc) is 2.95. The second-order valence-electron chi connectivity index (χ2n) is 10.4. The summed E-state index contributed by atoms with van der Waals surface area (Å²) >= 11 is 0. The van der Waals surface area contributed by atoms with Crippen LogP contribution in [0.1, 0.15) is 56.9 Å². The number of nitrogens with zero attached hydrogens (tertiary/aromatic N) is 1. The lowest BCUT2D eigenvalue weighted by Crippen LogP contribution is -2.53. The Balaban J connectivity index is 1.39. The van der Waals surface area contributed by atoms with Crippen LogP contribution in [0.2, 0.25) is 0 Å². The first-order chi connectivity index (χ1) is 19.3. The predicted molar refractivity (Wildman–Crippen MR) is 146 cm³/mol. The number of nitrogens with one attached hydrogen (secondary N) is 4. The number of ether oxygens (including phenoxy) is 1. The van der Waals surface area contributed by atoms with Gasteiger partial charge in [-0.25, -0.2) is 4.79 Å². The molecule has 2 aliphatic rings. The fourth-order valence-corrected chi connectivity index (χ4v) is 4.99. The first-order valence-corrected chi connectivity index (χ1v) is 14.0. The van der Waals surface area contributed by atoms with Gasteiger partial charge in [-0.05, 0) is 56.7 Å². The molecule has 0 saturated carbocycles. The maximum atomic E-state index is 13.0. The minimum atomic E-state index is -1.19. The van der Waals surface area contributed by atoms with E-state index in [1.807, 2.05) is 30.3 Å². The Bertz CT molecular complexity index is 1000. The van der Waals surface area contributed by atoms with Crippen molar-refractivity contribution in [3.05, 3.63) is 35.9 Å². The van der Waals surface area contributed by atoms with Gasteiger partial charge in [-0.2, -0.15) is 0 Å². The second-order valence-corrected chi connectivity index (χ2v) is 10.4. The number of carboxylic acids is 1. The summed E-state index contributed by atoms with van der Waals surface area (Å²) in [4.78, 5) is 63.1. The van der Waals surface area contributed by atoms with E-state index in [4.69, 9.17) is 4.74 Å². The van der Waals surface area contributed by atoms with Gasteiger partial charge in [-0.15, -0.1) is 0 Å². The molecule has 40 heavy (non-hydrogen) atoms. The highest BCUT2D eigenvalue weighted by molar-refractivity contribution is 5.83. The van der Waals surface area contributed by atoms with E-state index in [9.17, 15) is 29.1 Å². The van der Waals surface area contributed by atoms with E-state index in [2.05, 4.69) is 21.3 Å². The fraction of sp³-hybridized carbons (Fsp3) is 0.607. The number of carbonyl (C=O) groups excluding carboxylic acids is 4. The minimum absolute atomic E-state index is 0.0236. The van der Waals surface area contributed by atoms with Crippen molar-refractivity contribution < 1.29 is 33.8 Å². The van der Waals surface area contributed by atoms with E-state index in [1.165, 1.54) is 0 Å². The quantitative estimate of drug-likeness (QED) is 0.226. The van der Waals surface area contributed by atoms with Gasteiger partial charge in [0.2, 0.25) is 17.7 Å². The summed E-state index contributed by atoms with van der Waals surface area (Å²) in [5.74, 6) is -2.01. The zero-order chi connectivity index (χ0) is 28.7. The number of carbonyl (C=O) groups is 5. The van der Waals surface area contributed by atoms with Crippen LogP contribution in [0.25, 0.3) is 0 Å². The van der Waals surface area contributed by atoms with Gasteiger partial charge in [0.25, 0.3) is 0 Å². The lowest BCUT2D eigenvalue weighted by Gasteiger charge is -2.33. The van der Waals surface area contributed by atoms with Crippen LogP contribution in [0.15, 0.2) is 30.3 Å². The zero-order valence-electron chi connectivity index (χ0n) is 22.9. The maximum absolute atomic E-state index is 13.0. The van der Waals surface area contributed by atoms with Gasteiger partial charge in [0.15, 0.2) is 0 Å². The molecule has 0 aromatic heterocycles. The molecule has 0 radical (unpaired) electrons. The molecule has 5 N–H and O–H groups in total. The Hall–Kier alpha value is -3.67. The molecule has 2 fully saturated rings. The summed E-state index contributed by atoms with van der Waals surface area (Å²) in [5, 5.41) is 20.2. The van der Waals surface area contributed by atoms with E-state index >= 15 is 0 Å². The van der Waals surface area contributed by atoms with Crippen LogP contribution in [-0.4, -0.2) is 78.7 Å². The van der Waals surface area contributed by atoms with Crippen LogP contribution in [0.5, 0.6) is 0 Å². The standard InChI is InChI=1S/C28H41N5O7/c34-24(12-15-30-28(39)40-19-21-5-2-1-3-6-21)31-23(17-26(36)37)32-27(38)22-7-4-16-33(18-22)25(35)9-8-20-10-13-29-14-11-20/h1-3,5-6,20,22-23,29H,4,7-19H2,(H,30,39)(H,31,34)(H,32,38)(H,36,37)/t22-,23+/m1/s1. The molecule has 220 valence electrons. The third-order valence-electron chi connectivity index (χ3n) is 7.23. The van der Waals surface area contributed by atoms with Gasteiger partial charge < -0.3 is 36.0 Å². The van der Waals surface area contributed by atoms with E-state index in [0.717, 1.165) is 37.9 Å². The number of aliphatic carboxylic acids is 1. The maximum Gasteiger partial charge on any atom is 0.407 e. The van der Waals surface area contributed by atoms with E-state index < -0.39 is 42.4 Å². The molecule has 0 aliphatic carbocycles. The van der Waals surface area contributed by atoms with Crippen molar-refractivity contribution in [3.63, 3.8) is 0 Å². The highest BCUT2D eigenvalue weighted by Gasteiger charge is 2.30. The third-order valence-corrected chi connectivity index (χ3v) is 7.23. The van der Waals surface area contributed by atoms with Crippen LogP contribution < -0.4 is 21.3 Å². The molecular formula is C28H41N5O7. The van der Waals surface area contributed by atoms with Crippen LogP contribution >= 0.6 is 0 Å². The van der Waals surface area contributed by atoms with Gasteiger partial charge in [0, 0.05) is 32.5 Å². The topological polar surface area (TPSA) is 166 Å². The van der Waals surface area contributed by atoms with E-state index in [1.54, 1.807) is 4.90 Å². The number of rotatable bonds is 13. The number of hydrogen-bond donors (Lipinski definition) is 5. The summed E-state index contributed by atoms with van der Waals surface area (Å²) in [6, 6.07) is 9.14. The molecule has 0 spiro atoms. The van der Waals surface area contributed by atoms with Crippen LogP contribution in [0.3, 0.4) is 0 Å². The van der Waals surface area contributed by atoms with Crippen molar-refractivity contribution >= 4 is 29.8 Å². The molecule has 1 aromatic rings. The van der Waals surface area contributed by atoms with Gasteiger partial charge in [0.05, 0.1) is 12.3 Å². The lowest BCUT2D eigenvalue weighted by atomic mass is 9.92. The van der Waals surface area contributed by atoms with Crippen molar-refractivity contribution in [2.24, 2.45) is 11.8 Å². The van der Waals surface area contributed by atoms with Gasteiger partial charge in [-0.1, -0.05) is 30.3 Å². The number of likely N-dealkylation sites (tertiary alicyclic amines) is 1. The highest BCUT2D eigenvalue weighted by Crippen LogP contribution is 2.21. The van der Waals surface area contributed by atoms with E-state index in [-0.39, 0.29) is 32.0 Å². The summed E-state index contributed by atoms with van der Waals surface area (Å²) in [5.41, 5.74) is 0.824. The third kappa shape index (κ3) is 11.2. The summed E-state index contributed by atoms with van der Waals surface area (Å²) in [6.07, 6.45) is 2.28. The van der Waals surface area contributed by atoms with Gasteiger partial charge in [0.1, 0.15) is 12.8 Å². The number of carboxylic acid groups (broad SMARTS) is 1. The minimum Gasteiger partial charge on any atom is -0.481 e. The molecular weight excluding hydrogens is 518 g/mol. The van der Waals surface area contributed by atoms with Crippen molar-refractivity contribution in [3.8, 4) is 0 Å². The Labute approximate surface area is 234 Å². The van der Waals surface area contributed by atoms with Crippen molar-refractivity contribution in [2.45, 2.75) is 64.1 Å². The summed E-state index contributed by atoms with van der Waals surface area (Å²) in [7, 11) is 0. The van der Waals surface area contributed by atoms with Crippen molar-refractivity contribution in [1.29, 1.82) is 0 Å². The Morgan fingerprint density at radius 3 is 2.50 bits per heavy atom. The molecule has 2 aliphatic heterocycles. The van der Waals surface area contributed by atoms with Crippen molar-refractivity contribution in [2.75, 3.05) is 32.7 Å². The molecule has 0 bridgehead atoms. The average molecular weight is 560 g/mol. The summed E-state index contributed by atoms with van der Waals surface area (Å²) < 4.78 is 5.09. The largest absolute Gasteiger partial charge is 0.481 e. The molecule has 2 heterocycles. The number of hydrogen-bond acceptors (Lipinski definition) is 7. The lowest BCUT2D eigenvalue weighted by molar-refractivity contribution is -0.138. The number of amides is 4. The van der Waals surface area contributed by atoms with Gasteiger partial charge in [-0.3, -0.25) is 19.2 Å². The molecule has 0 unspecified atom stereocenters. The number of piperidine rings is 2. The highest BCUT2D eigenvalue weighted by atomic mass is 16.5. The number of benzene rings is 1. The number of alkyl carbamates (subject to hydrolysis) is 1. The Morgan fingerprint density at radius 1 is 1.02 bits per heavy atom. The van der Waals surface area contributed by atoms with E-state index in [0.29, 0.717) is 31.7 Å². The molecule has 4 amide bonds. The Kier molecular flexibility index (Phi) is 12.7. The molecule has 1 aromatic carbocycles.